The molecule has 4 aromatic rings. The molecule has 0 bridgehead atoms. The third kappa shape index (κ3) is 4.32. The van der Waals surface area contributed by atoms with Crippen molar-refractivity contribution in [1.29, 1.82) is 0 Å². The number of rotatable bonds is 4. The Kier molecular flexibility index (Phi) is 5.79. The molecule has 160 valence electrons. The van der Waals surface area contributed by atoms with Crippen molar-refractivity contribution in [3.63, 3.8) is 0 Å². The molecule has 2 aromatic carbocycles. The molecular weight excluding hydrogens is 443 g/mol. The summed E-state index contributed by atoms with van der Waals surface area (Å²) in [6, 6.07) is 19.0. The zero-order chi connectivity index (χ0) is 22.1. The van der Waals surface area contributed by atoms with Gasteiger partial charge in [0.2, 0.25) is 0 Å². The van der Waals surface area contributed by atoms with E-state index in [4.69, 9.17) is 28.2 Å². The molecule has 3 heterocycles. The Hall–Kier alpha value is -2.99. The largest absolute Gasteiger partial charge is 0.306 e. The first-order valence-electron chi connectivity index (χ1n) is 10.4. The van der Waals surface area contributed by atoms with E-state index in [0.29, 0.717) is 29.0 Å². The lowest BCUT2D eigenvalue weighted by Crippen LogP contribution is -2.35. The Bertz CT molecular complexity index is 1320. The number of hydrogen-bond acceptors (Lipinski definition) is 4. The van der Waals surface area contributed by atoms with E-state index >= 15 is 0 Å². The summed E-state index contributed by atoms with van der Waals surface area (Å²) in [5, 5.41) is 1.34. The number of H-pyrrole nitrogens is 1. The molecule has 2 aromatic heterocycles. The van der Waals surface area contributed by atoms with Crippen LogP contribution in [0.25, 0.3) is 22.6 Å². The minimum atomic E-state index is -0.0863. The van der Waals surface area contributed by atoms with E-state index in [0.717, 1.165) is 46.6 Å². The summed E-state index contributed by atoms with van der Waals surface area (Å²) in [6.07, 6.45) is 2.60. The Morgan fingerprint density at radius 1 is 1.00 bits per heavy atom. The minimum absolute atomic E-state index is 0.0863. The first-order chi connectivity index (χ1) is 15.6. The van der Waals surface area contributed by atoms with Crippen molar-refractivity contribution in [2.45, 2.75) is 19.5 Å². The molecule has 0 saturated carbocycles. The fraction of sp³-hybridized carbons (Fsp3) is 0.160. The van der Waals surface area contributed by atoms with Gasteiger partial charge in [0, 0.05) is 53.4 Å². The zero-order valence-corrected chi connectivity index (χ0v) is 18.7. The highest BCUT2D eigenvalue weighted by Crippen LogP contribution is 2.26. The van der Waals surface area contributed by atoms with Crippen molar-refractivity contribution in [2.24, 2.45) is 0 Å². The summed E-state index contributed by atoms with van der Waals surface area (Å²) >= 11 is 12.2. The molecule has 7 heteroatoms. The Morgan fingerprint density at radius 2 is 1.81 bits per heavy atom. The number of nitrogens with one attached hydrogen (secondary N) is 1. The molecule has 0 atom stereocenters. The number of benzene rings is 2. The van der Waals surface area contributed by atoms with Gasteiger partial charge in [0.25, 0.3) is 5.56 Å². The van der Waals surface area contributed by atoms with E-state index in [1.54, 1.807) is 12.1 Å². The van der Waals surface area contributed by atoms with E-state index in [-0.39, 0.29) is 5.56 Å². The topological polar surface area (TPSA) is 61.9 Å². The second-order valence-corrected chi connectivity index (χ2v) is 8.68. The fourth-order valence-corrected chi connectivity index (χ4v) is 4.32. The van der Waals surface area contributed by atoms with Crippen LogP contribution in [0.5, 0.6) is 0 Å². The smallest absolute Gasteiger partial charge is 0.255 e. The minimum Gasteiger partial charge on any atom is -0.306 e. The van der Waals surface area contributed by atoms with Crippen molar-refractivity contribution < 1.29 is 0 Å². The predicted molar refractivity (Wildman–Crippen MR) is 128 cm³/mol. The molecule has 1 aliphatic heterocycles. The summed E-state index contributed by atoms with van der Waals surface area (Å²) in [6.45, 7) is 2.11. The van der Waals surface area contributed by atoms with Gasteiger partial charge in [-0.2, -0.15) is 0 Å². The summed E-state index contributed by atoms with van der Waals surface area (Å²) < 4.78 is 0. The van der Waals surface area contributed by atoms with Crippen LogP contribution in [0.15, 0.2) is 71.7 Å². The molecule has 0 amide bonds. The van der Waals surface area contributed by atoms with Crippen LogP contribution in [0.1, 0.15) is 16.8 Å². The van der Waals surface area contributed by atoms with Crippen molar-refractivity contribution in [3.05, 3.63) is 104 Å². The number of aromatic nitrogens is 3. The summed E-state index contributed by atoms with van der Waals surface area (Å²) in [7, 11) is 0. The van der Waals surface area contributed by atoms with E-state index in [2.05, 4.69) is 20.9 Å². The van der Waals surface area contributed by atoms with E-state index in [1.165, 1.54) is 0 Å². The first kappa shape index (κ1) is 20.9. The molecule has 5 nitrogen and oxygen atoms in total. The van der Waals surface area contributed by atoms with Crippen LogP contribution in [0, 0.1) is 0 Å². The maximum atomic E-state index is 12.8. The average molecular weight is 463 g/mol. The Labute approximate surface area is 195 Å². The molecule has 0 unspecified atom stereocenters. The van der Waals surface area contributed by atoms with Gasteiger partial charge in [-0.1, -0.05) is 47.5 Å². The van der Waals surface area contributed by atoms with Crippen LogP contribution in [-0.4, -0.2) is 26.4 Å². The van der Waals surface area contributed by atoms with E-state index in [1.807, 2.05) is 48.7 Å². The van der Waals surface area contributed by atoms with Crippen LogP contribution in [0.2, 0.25) is 10.0 Å². The normalized spacial score (nSPS) is 13.7. The third-order valence-corrected chi connectivity index (χ3v) is 6.23. The Balaban J connectivity index is 1.32. The highest BCUT2D eigenvalue weighted by atomic mass is 35.5. The zero-order valence-electron chi connectivity index (χ0n) is 17.2. The molecule has 0 fully saturated rings. The van der Waals surface area contributed by atoms with Gasteiger partial charge in [0.05, 0.1) is 17.0 Å². The monoisotopic (exact) mass is 462 g/mol. The van der Waals surface area contributed by atoms with Gasteiger partial charge < -0.3 is 4.98 Å². The van der Waals surface area contributed by atoms with Crippen molar-refractivity contribution in [3.8, 4) is 22.6 Å². The number of nitrogens with zero attached hydrogens (tertiary/aromatic N) is 3. The quantitative estimate of drug-likeness (QED) is 0.443. The molecule has 1 aliphatic rings. The Morgan fingerprint density at radius 3 is 2.56 bits per heavy atom. The molecule has 0 radical (unpaired) electrons. The third-order valence-electron chi connectivity index (χ3n) is 5.65. The molecule has 5 rings (SSSR count). The molecule has 0 aliphatic carbocycles. The summed E-state index contributed by atoms with van der Waals surface area (Å²) in [5.74, 6) is 0.582. The molecular formula is C25H20Cl2N4O. The summed E-state index contributed by atoms with van der Waals surface area (Å²) in [4.78, 5) is 27.3. The standard InChI is InChI=1S/C25H20Cl2N4O/c26-18-8-6-17(7-9-18)24-29-23-11-12-31(15-20(23)25(32)30-24)14-16-5-10-22(28-13-16)19-3-1-2-4-21(19)27/h1-10,13H,11-12,14-15H2,(H,29,30,32). The van der Waals surface area contributed by atoms with Gasteiger partial charge in [0.1, 0.15) is 5.82 Å². The first-order valence-corrected chi connectivity index (χ1v) is 11.1. The van der Waals surface area contributed by atoms with Crippen LogP contribution in [0.4, 0.5) is 0 Å². The van der Waals surface area contributed by atoms with Crippen molar-refractivity contribution in [1.82, 2.24) is 19.9 Å². The second-order valence-electron chi connectivity index (χ2n) is 7.84. The fourth-order valence-electron chi connectivity index (χ4n) is 3.96. The highest BCUT2D eigenvalue weighted by Gasteiger charge is 2.21. The van der Waals surface area contributed by atoms with Crippen molar-refractivity contribution >= 4 is 23.2 Å². The lowest BCUT2D eigenvalue weighted by atomic mass is 10.1. The lowest BCUT2D eigenvalue weighted by molar-refractivity contribution is 0.241. The number of aromatic amines is 1. The van der Waals surface area contributed by atoms with Gasteiger partial charge in [0.15, 0.2) is 0 Å². The van der Waals surface area contributed by atoms with E-state index in [9.17, 15) is 4.79 Å². The van der Waals surface area contributed by atoms with Crippen LogP contribution < -0.4 is 5.56 Å². The van der Waals surface area contributed by atoms with Crippen LogP contribution in [0.3, 0.4) is 0 Å². The van der Waals surface area contributed by atoms with Gasteiger partial charge >= 0.3 is 0 Å². The predicted octanol–water partition coefficient (Wildman–Crippen LogP) is 5.36. The lowest BCUT2D eigenvalue weighted by Gasteiger charge is -2.27. The summed E-state index contributed by atoms with van der Waals surface area (Å²) in [5.41, 5.74) is 5.21. The van der Waals surface area contributed by atoms with Crippen molar-refractivity contribution in [2.75, 3.05) is 6.54 Å². The molecule has 0 saturated heterocycles. The molecule has 1 N–H and O–H groups in total. The number of fused-ring (bicyclic) bond motifs is 1. The SMILES string of the molecule is O=c1[nH]c(-c2ccc(Cl)cc2)nc2c1CN(Cc1ccc(-c3ccccc3Cl)nc1)CC2. The number of hydrogen-bond donors (Lipinski definition) is 1. The molecule has 32 heavy (non-hydrogen) atoms. The van der Waals surface area contributed by atoms with Crippen LogP contribution >= 0.6 is 23.2 Å². The number of halogens is 2. The maximum absolute atomic E-state index is 12.8. The average Bonchev–Trinajstić information content (AvgIpc) is 2.81. The van der Waals surface area contributed by atoms with E-state index < -0.39 is 0 Å². The van der Waals surface area contributed by atoms with Gasteiger partial charge in [-0.05, 0) is 42.0 Å². The molecule has 0 spiro atoms. The number of pyridine rings is 1. The highest BCUT2D eigenvalue weighted by molar-refractivity contribution is 6.33. The maximum Gasteiger partial charge on any atom is 0.255 e. The van der Waals surface area contributed by atoms with Gasteiger partial charge in [-0.25, -0.2) is 4.98 Å². The van der Waals surface area contributed by atoms with Gasteiger partial charge in [-0.15, -0.1) is 0 Å². The van der Waals surface area contributed by atoms with Gasteiger partial charge in [-0.3, -0.25) is 14.7 Å². The van der Waals surface area contributed by atoms with Crippen LogP contribution in [-0.2, 0) is 19.5 Å². The second kappa shape index (κ2) is 8.87.